The van der Waals surface area contributed by atoms with Crippen LogP contribution in [-0.2, 0) is 9.98 Å². The van der Waals surface area contributed by atoms with Gasteiger partial charge in [0.25, 0.3) is 0 Å². The van der Waals surface area contributed by atoms with Crippen LogP contribution >= 0.6 is 0 Å². The molecule has 0 bridgehead atoms. The van der Waals surface area contributed by atoms with Crippen LogP contribution in [0.4, 0.5) is 0 Å². The smallest absolute Gasteiger partial charge is 0.0689 e. The Morgan fingerprint density at radius 1 is 1.30 bits per heavy atom. The molecule has 1 aliphatic carbocycles. The summed E-state index contributed by atoms with van der Waals surface area (Å²) < 4.78 is 0. The summed E-state index contributed by atoms with van der Waals surface area (Å²) in [7, 11) is 0. The quantitative estimate of drug-likeness (QED) is 0.430. The third kappa shape index (κ3) is 3.61. The largest absolute Gasteiger partial charge is 0.198 e. The first-order valence-corrected chi connectivity index (χ1v) is 8.32. The highest BCUT2D eigenvalue weighted by atomic mass is 17.3. The minimum atomic E-state index is -0.391. The van der Waals surface area contributed by atoms with E-state index in [-0.39, 0.29) is 16.5 Å². The SMILES string of the molecule is CCC(C)(C)N(OON)C(C)(C)C1=CCC(C)(C(C)(C)C#N)C1. The van der Waals surface area contributed by atoms with Crippen molar-refractivity contribution in [2.75, 3.05) is 0 Å². The molecule has 0 saturated carbocycles. The molecule has 1 aliphatic rings. The summed E-state index contributed by atoms with van der Waals surface area (Å²) in [5.41, 5.74) is 0.148. The standard InChI is InChI=1S/C18H33N3O2/c1-9-16(4,5)21(23-22-20)17(6,7)14-10-11-18(8,12-14)15(2,3)13-19/h10H,9,11-12,20H2,1-8H3. The van der Waals surface area contributed by atoms with Gasteiger partial charge in [-0.15, -0.1) is 15.0 Å². The van der Waals surface area contributed by atoms with Gasteiger partial charge in [-0.1, -0.05) is 25.5 Å². The minimum absolute atomic E-state index is 0.0834. The number of hydrogen-bond donors (Lipinski definition) is 1. The van der Waals surface area contributed by atoms with Crippen molar-refractivity contribution >= 4 is 0 Å². The summed E-state index contributed by atoms with van der Waals surface area (Å²) in [5.74, 6) is 5.19. The molecule has 1 rings (SSSR count). The Morgan fingerprint density at radius 2 is 1.87 bits per heavy atom. The van der Waals surface area contributed by atoms with Gasteiger partial charge in [0, 0.05) is 5.54 Å². The van der Waals surface area contributed by atoms with Crippen LogP contribution in [0.3, 0.4) is 0 Å². The Hall–Kier alpha value is -0.930. The van der Waals surface area contributed by atoms with Crippen LogP contribution < -0.4 is 5.90 Å². The molecule has 0 radical (unpaired) electrons. The van der Waals surface area contributed by atoms with E-state index in [9.17, 15) is 5.26 Å². The summed E-state index contributed by atoms with van der Waals surface area (Å²) in [6.07, 6.45) is 4.87. The summed E-state index contributed by atoms with van der Waals surface area (Å²) in [6.45, 7) is 16.7. The first-order chi connectivity index (χ1) is 10.4. The first kappa shape index (κ1) is 20.1. The van der Waals surface area contributed by atoms with Gasteiger partial charge in [-0.25, -0.2) is 0 Å². The average molecular weight is 323 g/mol. The number of rotatable bonds is 7. The van der Waals surface area contributed by atoms with Crippen LogP contribution in [0.15, 0.2) is 11.6 Å². The molecule has 132 valence electrons. The zero-order valence-corrected chi connectivity index (χ0v) is 16.0. The van der Waals surface area contributed by atoms with Gasteiger partial charge in [0.15, 0.2) is 0 Å². The molecular formula is C18H33N3O2. The molecule has 1 atom stereocenters. The predicted molar refractivity (Wildman–Crippen MR) is 91.5 cm³/mol. The maximum absolute atomic E-state index is 9.52. The van der Waals surface area contributed by atoms with E-state index in [2.05, 4.69) is 58.7 Å². The fourth-order valence-electron chi connectivity index (χ4n) is 3.26. The maximum atomic E-state index is 9.52. The van der Waals surface area contributed by atoms with Gasteiger partial charge in [0.05, 0.1) is 17.0 Å². The molecule has 0 aliphatic heterocycles. The van der Waals surface area contributed by atoms with E-state index in [0.717, 1.165) is 19.3 Å². The van der Waals surface area contributed by atoms with Crippen molar-refractivity contribution in [3.63, 3.8) is 0 Å². The van der Waals surface area contributed by atoms with Crippen molar-refractivity contribution in [1.29, 1.82) is 5.26 Å². The third-order valence-electron chi connectivity index (χ3n) is 5.99. The Kier molecular flexibility index (Phi) is 5.71. The van der Waals surface area contributed by atoms with Gasteiger partial charge in [0.1, 0.15) is 0 Å². The van der Waals surface area contributed by atoms with E-state index in [1.165, 1.54) is 5.57 Å². The zero-order valence-electron chi connectivity index (χ0n) is 16.0. The molecule has 2 N–H and O–H groups in total. The highest BCUT2D eigenvalue weighted by Gasteiger charge is 2.49. The lowest BCUT2D eigenvalue weighted by molar-refractivity contribution is -0.470. The topological polar surface area (TPSA) is 71.5 Å². The Bertz CT molecular complexity index is 503. The van der Waals surface area contributed by atoms with Gasteiger partial charge in [-0.2, -0.15) is 11.2 Å². The predicted octanol–water partition coefficient (Wildman–Crippen LogP) is 4.27. The molecule has 23 heavy (non-hydrogen) atoms. The second-order valence-electron chi connectivity index (χ2n) is 8.60. The molecule has 0 aromatic heterocycles. The highest BCUT2D eigenvalue weighted by molar-refractivity contribution is 5.28. The number of nitriles is 1. The molecule has 0 fully saturated rings. The maximum Gasteiger partial charge on any atom is 0.0689 e. The number of hydroxylamine groups is 2. The number of allylic oxidation sites excluding steroid dienone is 1. The monoisotopic (exact) mass is 323 g/mol. The van der Waals surface area contributed by atoms with E-state index in [0.29, 0.717) is 0 Å². The summed E-state index contributed by atoms with van der Waals surface area (Å²) in [4.78, 5) is 9.89. The fourth-order valence-corrected chi connectivity index (χ4v) is 3.26. The van der Waals surface area contributed by atoms with Crippen LogP contribution in [0.1, 0.15) is 74.7 Å². The van der Waals surface area contributed by atoms with Crippen LogP contribution in [0.5, 0.6) is 0 Å². The number of nitrogens with zero attached hydrogens (tertiary/aromatic N) is 2. The van der Waals surface area contributed by atoms with Crippen LogP contribution in [-0.4, -0.2) is 16.1 Å². The van der Waals surface area contributed by atoms with Crippen molar-refractivity contribution in [3.8, 4) is 6.07 Å². The van der Waals surface area contributed by atoms with Crippen LogP contribution in [0, 0.1) is 22.2 Å². The number of nitrogens with two attached hydrogens (primary N) is 1. The summed E-state index contributed by atoms with van der Waals surface area (Å²) >= 11 is 0. The van der Waals surface area contributed by atoms with Gasteiger partial charge in [-0.05, 0) is 66.2 Å². The lowest BCUT2D eigenvalue weighted by Gasteiger charge is -2.47. The first-order valence-electron chi connectivity index (χ1n) is 8.32. The minimum Gasteiger partial charge on any atom is -0.198 e. The van der Waals surface area contributed by atoms with Gasteiger partial charge >= 0.3 is 0 Å². The van der Waals surface area contributed by atoms with Gasteiger partial charge in [-0.3, -0.25) is 0 Å². The second kappa shape index (κ2) is 6.52. The molecule has 0 amide bonds. The Labute approximate surface area is 141 Å². The van der Waals surface area contributed by atoms with E-state index < -0.39 is 5.41 Å². The molecule has 0 aromatic carbocycles. The molecule has 1 unspecified atom stereocenters. The van der Waals surface area contributed by atoms with Gasteiger partial charge in [0.2, 0.25) is 0 Å². The van der Waals surface area contributed by atoms with E-state index in [1.807, 2.05) is 18.9 Å². The Balaban J connectivity index is 3.12. The lowest BCUT2D eigenvalue weighted by atomic mass is 9.65. The normalized spacial score (nSPS) is 23.1. The van der Waals surface area contributed by atoms with Crippen molar-refractivity contribution in [2.45, 2.75) is 85.7 Å². The molecule has 0 spiro atoms. The van der Waals surface area contributed by atoms with E-state index >= 15 is 0 Å². The van der Waals surface area contributed by atoms with Crippen molar-refractivity contribution in [1.82, 2.24) is 5.06 Å². The van der Waals surface area contributed by atoms with E-state index in [4.69, 9.17) is 10.9 Å². The van der Waals surface area contributed by atoms with Crippen molar-refractivity contribution in [3.05, 3.63) is 11.6 Å². The Morgan fingerprint density at radius 3 is 2.30 bits per heavy atom. The molecule has 0 saturated heterocycles. The molecule has 5 heteroatoms. The zero-order chi connectivity index (χ0) is 18.1. The molecule has 0 heterocycles. The lowest BCUT2D eigenvalue weighted by Crippen LogP contribution is -2.56. The van der Waals surface area contributed by atoms with Crippen molar-refractivity contribution < 1.29 is 9.98 Å². The van der Waals surface area contributed by atoms with Crippen LogP contribution in [0.2, 0.25) is 0 Å². The summed E-state index contributed by atoms with van der Waals surface area (Å²) in [6, 6.07) is 2.47. The van der Waals surface area contributed by atoms with E-state index in [1.54, 1.807) is 0 Å². The molecule has 0 aromatic rings. The second-order valence-corrected chi connectivity index (χ2v) is 8.60. The van der Waals surface area contributed by atoms with Gasteiger partial charge < -0.3 is 0 Å². The number of hydrogen-bond acceptors (Lipinski definition) is 5. The fraction of sp³-hybridized carbons (Fsp3) is 0.833. The third-order valence-corrected chi connectivity index (χ3v) is 5.99. The van der Waals surface area contributed by atoms with Crippen molar-refractivity contribution in [2.24, 2.45) is 16.7 Å². The molecular weight excluding hydrogens is 290 g/mol. The summed E-state index contributed by atoms with van der Waals surface area (Å²) in [5, 5.41) is 11.4. The molecule has 5 nitrogen and oxygen atoms in total. The average Bonchev–Trinajstić information content (AvgIpc) is 2.89. The highest BCUT2D eigenvalue weighted by Crippen LogP contribution is 2.53. The van der Waals surface area contributed by atoms with Crippen LogP contribution in [0.25, 0.3) is 0 Å².